The van der Waals surface area contributed by atoms with Crippen LogP contribution in [0, 0.1) is 12.8 Å². The lowest BCUT2D eigenvalue weighted by molar-refractivity contribution is 0.0952. The van der Waals surface area contributed by atoms with Crippen molar-refractivity contribution < 1.29 is 9.53 Å². The van der Waals surface area contributed by atoms with E-state index in [-0.39, 0.29) is 5.91 Å². The first-order valence-electron chi connectivity index (χ1n) is 10.8. The third-order valence-electron chi connectivity index (χ3n) is 4.96. The van der Waals surface area contributed by atoms with Crippen LogP contribution in [0.5, 0.6) is 5.75 Å². The molecule has 0 radical (unpaired) electrons. The van der Waals surface area contributed by atoms with Crippen LogP contribution in [0.4, 0.5) is 11.4 Å². The predicted molar refractivity (Wildman–Crippen MR) is 126 cm³/mol. The van der Waals surface area contributed by atoms with Crippen molar-refractivity contribution in [1.29, 1.82) is 0 Å². The molecule has 0 spiro atoms. The van der Waals surface area contributed by atoms with Gasteiger partial charge in [0.15, 0.2) is 0 Å². The van der Waals surface area contributed by atoms with E-state index >= 15 is 0 Å². The second-order valence-electron chi connectivity index (χ2n) is 8.08. The summed E-state index contributed by atoms with van der Waals surface area (Å²) in [6.45, 7) is 7.55. The van der Waals surface area contributed by atoms with Crippen LogP contribution < -0.4 is 15.4 Å². The van der Waals surface area contributed by atoms with Crippen LogP contribution in [0.15, 0.2) is 66.9 Å². The van der Waals surface area contributed by atoms with Gasteiger partial charge in [-0.3, -0.25) is 9.78 Å². The molecule has 1 aromatic heterocycles. The molecule has 0 saturated carbocycles. The number of aryl methyl sites for hydroxylation is 1. The molecule has 2 aromatic carbocycles. The Balaban J connectivity index is 1.58. The van der Waals surface area contributed by atoms with Gasteiger partial charge in [-0.05, 0) is 79.8 Å². The number of carbonyl (C=O) groups excluding carboxylic acids is 1. The second kappa shape index (κ2) is 11.2. The van der Waals surface area contributed by atoms with Gasteiger partial charge in [0, 0.05) is 29.7 Å². The summed E-state index contributed by atoms with van der Waals surface area (Å²) in [5.74, 6) is 1.41. The van der Waals surface area contributed by atoms with Gasteiger partial charge in [0.05, 0.1) is 5.69 Å². The molecule has 0 saturated heterocycles. The van der Waals surface area contributed by atoms with Crippen LogP contribution in [0.2, 0.25) is 0 Å². The number of rotatable bonds is 10. The molecule has 0 atom stereocenters. The van der Waals surface area contributed by atoms with Gasteiger partial charge < -0.3 is 15.4 Å². The summed E-state index contributed by atoms with van der Waals surface area (Å²) < 4.78 is 5.85. The highest BCUT2D eigenvalue weighted by Crippen LogP contribution is 2.25. The van der Waals surface area contributed by atoms with Gasteiger partial charge in [-0.15, -0.1) is 0 Å². The number of hydrogen-bond acceptors (Lipinski definition) is 4. The fourth-order valence-electron chi connectivity index (χ4n) is 3.21. The number of ether oxygens (including phenoxy) is 1. The zero-order valence-corrected chi connectivity index (χ0v) is 18.5. The smallest absolute Gasteiger partial charge is 0.251 e. The van der Waals surface area contributed by atoms with E-state index in [9.17, 15) is 4.79 Å². The van der Waals surface area contributed by atoms with Gasteiger partial charge in [-0.1, -0.05) is 26.0 Å². The van der Waals surface area contributed by atoms with Crippen molar-refractivity contribution in [1.82, 2.24) is 10.3 Å². The standard InChI is InChI=1S/C26H31N3O2/c1-19(2)8-7-15-28-26(30)21-9-6-11-22(17-21)29-25-13-12-24(16-20(25)3)31-18-23-10-4-5-14-27-23/h4-6,9-14,16-17,19,29H,7-8,15,18H2,1-3H3,(H,28,30). The molecule has 0 aliphatic heterocycles. The summed E-state index contributed by atoms with van der Waals surface area (Å²) in [7, 11) is 0. The Labute approximate surface area is 184 Å². The van der Waals surface area contributed by atoms with Crippen LogP contribution >= 0.6 is 0 Å². The summed E-state index contributed by atoms with van der Waals surface area (Å²) in [5.41, 5.74) is 4.45. The number of benzene rings is 2. The molecule has 31 heavy (non-hydrogen) atoms. The largest absolute Gasteiger partial charge is 0.487 e. The van der Waals surface area contributed by atoms with Crippen molar-refractivity contribution in [3.63, 3.8) is 0 Å². The summed E-state index contributed by atoms with van der Waals surface area (Å²) in [6, 6.07) is 19.3. The Hall–Kier alpha value is -3.34. The highest BCUT2D eigenvalue weighted by Gasteiger charge is 2.08. The zero-order chi connectivity index (χ0) is 22.1. The van der Waals surface area contributed by atoms with E-state index in [1.54, 1.807) is 6.20 Å². The van der Waals surface area contributed by atoms with E-state index in [1.165, 1.54) is 0 Å². The molecular weight excluding hydrogens is 386 g/mol. The van der Waals surface area contributed by atoms with E-state index in [2.05, 4.69) is 29.5 Å². The average Bonchev–Trinajstić information content (AvgIpc) is 2.77. The highest BCUT2D eigenvalue weighted by atomic mass is 16.5. The van der Waals surface area contributed by atoms with Gasteiger partial charge in [0.1, 0.15) is 12.4 Å². The fourth-order valence-corrected chi connectivity index (χ4v) is 3.21. The molecule has 0 fully saturated rings. The summed E-state index contributed by atoms with van der Waals surface area (Å²) in [5, 5.41) is 6.41. The lowest BCUT2D eigenvalue weighted by Gasteiger charge is -2.13. The van der Waals surface area contributed by atoms with E-state index in [0.29, 0.717) is 24.6 Å². The third kappa shape index (κ3) is 7.14. The molecular formula is C26H31N3O2. The predicted octanol–water partition coefficient (Wildman–Crippen LogP) is 5.88. The minimum atomic E-state index is -0.0394. The Morgan fingerprint density at radius 3 is 2.68 bits per heavy atom. The topological polar surface area (TPSA) is 63.2 Å². The SMILES string of the molecule is Cc1cc(OCc2ccccn2)ccc1Nc1cccc(C(=O)NCCCC(C)C)c1. The van der Waals surface area contributed by atoms with E-state index in [1.807, 2.05) is 67.6 Å². The number of carbonyl (C=O) groups is 1. The number of nitrogens with one attached hydrogen (secondary N) is 2. The summed E-state index contributed by atoms with van der Waals surface area (Å²) in [6.07, 6.45) is 3.87. The third-order valence-corrected chi connectivity index (χ3v) is 4.96. The van der Waals surface area contributed by atoms with Gasteiger partial charge >= 0.3 is 0 Å². The molecule has 2 N–H and O–H groups in total. The molecule has 0 bridgehead atoms. The number of pyridine rings is 1. The zero-order valence-electron chi connectivity index (χ0n) is 18.5. The number of nitrogens with zero attached hydrogens (tertiary/aromatic N) is 1. The van der Waals surface area contributed by atoms with Gasteiger partial charge in [0.2, 0.25) is 0 Å². The minimum Gasteiger partial charge on any atom is -0.487 e. The van der Waals surface area contributed by atoms with Crippen molar-refractivity contribution in [2.24, 2.45) is 5.92 Å². The maximum absolute atomic E-state index is 12.4. The average molecular weight is 418 g/mol. The van der Waals surface area contributed by atoms with Crippen molar-refractivity contribution in [2.75, 3.05) is 11.9 Å². The quantitative estimate of drug-likeness (QED) is 0.405. The van der Waals surface area contributed by atoms with Gasteiger partial charge in [-0.25, -0.2) is 0 Å². The Morgan fingerprint density at radius 1 is 1.06 bits per heavy atom. The number of aromatic nitrogens is 1. The van der Waals surface area contributed by atoms with Crippen molar-refractivity contribution >= 4 is 17.3 Å². The molecule has 5 heteroatoms. The van der Waals surface area contributed by atoms with Crippen LogP contribution in [-0.2, 0) is 6.61 Å². The maximum atomic E-state index is 12.4. The van der Waals surface area contributed by atoms with Crippen LogP contribution in [0.1, 0.15) is 48.3 Å². The molecule has 0 aliphatic carbocycles. The van der Waals surface area contributed by atoms with Crippen LogP contribution in [0.3, 0.4) is 0 Å². The number of anilines is 2. The Morgan fingerprint density at radius 2 is 1.94 bits per heavy atom. The molecule has 1 amide bonds. The van der Waals surface area contributed by atoms with Gasteiger partial charge in [0.25, 0.3) is 5.91 Å². The molecule has 0 aliphatic rings. The van der Waals surface area contributed by atoms with E-state index in [0.717, 1.165) is 41.2 Å². The monoisotopic (exact) mass is 417 g/mol. The molecule has 3 rings (SSSR count). The summed E-state index contributed by atoms with van der Waals surface area (Å²) in [4.78, 5) is 16.7. The number of amides is 1. The Kier molecular flexibility index (Phi) is 8.05. The summed E-state index contributed by atoms with van der Waals surface area (Å²) >= 11 is 0. The van der Waals surface area contributed by atoms with Crippen molar-refractivity contribution in [3.05, 3.63) is 83.7 Å². The van der Waals surface area contributed by atoms with Gasteiger partial charge in [-0.2, -0.15) is 0 Å². The van der Waals surface area contributed by atoms with Crippen molar-refractivity contribution in [3.8, 4) is 5.75 Å². The van der Waals surface area contributed by atoms with Crippen LogP contribution in [-0.4, -0.2) is 17.4 Å². The molecule has 162 valence electrons. The fraction of sp³-hybridized carbons (Fsp3) is 0.308. The van der Waals surface area contributed by atoms with Crippen LogP contribution in [0.25, 0.3) is 0 Å². The molecule has 5 nitrogen and oxygen atoms in total. The normalized spacial score (nSPS) is 10.7. The molecule has 0 unspecified atom stereocenters. The number of hydrogen-bond donors (Lipinski definition) is 2. The Bertz CT molecular complexity index is 987. The molecule has 1 heterocycles. The molecule has 3 aromatic rings. The minimum absolute atomic E-state index is 0.0394. The highest BCUT2D eigenvalue weighted by molar-refractivity contribution is 5.95. The maximum Gasteiger partial charge on any atom is 0.251 e. The first kappa shape index (κ1) is 22.3. The lowest BCUT2D eigenvalue weighted by atomic mass is 10.1. The van der Waals surface area contributed by atoms with Crippen molar-refractivity contribution in [2.45, 2.75) is 40.2 Å². The second-order valence-corrected chi connectivity index (χ2v) is 8.08. The van der Waals surface area contributed by atoms with E-state index in [4.69, 9.17) is 4.74 Å². The first-order chi connectivity index (χ1) is 15.0. The first-order valence-corrected chi connectivity index (χ1v) is 10.8. The lowest BCUT2D eigenvalue weighted by Crippen LogP contribution is -2.24. The van der Waals surface area contributed by atoms with E-state index < -0.39 is 0 Å².